The second kappa shape index (κ2) is 5.79. The predicted octanol–water partition coefficient (Wildman–Crippen LogP) is 1.82. The van der Waals surface area contributed by atoms with Gasteiger partial charge < -0.3 is 10.0 Å². The van der Waals surface area contributed by atoms with E-state index >= 15 is 0 Å². The molecular weight excluding hydrogens is 266 g/mol. The summed E-state index contributed by atoms with van der Waals surface area (Å²) in [6.07, 6.45) is 1.10. The third-order valence-electron chi connectivity index (χ3n) is 5.07. The van der Waals surface area contributed by atoms with Crippen LogP contribution < -0.4 is 0 Å². The Balaban J connectivity index is 1.95. The maximum atomic E-state index is 12.4. The van der Waals surface area contributed by atoms with Gasteiger partial charge >= 0.3 is 0 Å². The van der Waals surface area contributed by atoms with Gasteiger partial charge in [-0.2, -0.15) is 5.10 Å². The van der Waals surface area contributed by atoms with Crippen molar-refractivity contribution < 1.29 is 9.90 Å². The monoisotopic (exact) mass is 293 g/mol. The summed E-state index contributed by atoms with van der Waals surface area (Å²) in [6, 6.07) is 0. The number of likely N-dealkylation sites (tertiary alicyclic amines) is 1. The summed E-state index contributed by atoms with van der Waals surface area (Å²) >= 11 is 0. The molecule has 118 valence electrons. The Morgan fingerprint density at radius 3 is 2.67 bits per heavy atom. The van der Waals surface area contributed by atoms with Crippen LogP contribution in [0.25, 0.3) is 0 Å². The van der Waals surface area contributed by atoms with Crippen LogP contribution in [0.4, 0.5) is 0 Å². The van der Waals surface area contributed by atoms with Crippen LogP contribution >= 0.6 is 0 Å². The van der Waals surface area contributed by atoms with Crippen molar-refractivity contribution in [3.63, 3.8) is 0 Å². The number of aromatic amines is 1. The molecule has 0 bridgehead atoms. The van der Waals surface area contributed by atoms with E-state index in [-0.39, 0.29) is 17.7 Å². The Morgan fingerprint density at radius 1 is 1.52 bits per heavy atom. The van der Waals surface area contributed by atoms with E-state index in [1.165, 1.54) is 0 Å². The Kier molecular flexibility index (Phi) is 4.42. The number of nitrogens with zero attached hydrogens (tertiary/aromatic N) is 2. The van der Waals surface area contributed by atoms with Crippen molar-refractivity contribution in [3.8, 4) is 0 Å². The van der Waals surface area contributed by atoms with Crippen LogP contribution in [0.1, 0.15) is 44.1 Å². The van der Waals surface area contributed by atoms with Crippen LogP contribution in [0, 0.1) is 25.7 Å². The van der Waals surface area contributed by atoms with E-state index in [9.17, 15) is 9.90 Å². The zero-order chi connectivity index (χ0) is 15.8. The van der Waals surface area contributed by atoms with Crippen molar-refractivity contribution >= 4 is 5.91 Å². The number of aryl methyl sites for hydroxylation is 2. The van der Waals surface area contributed by atoms with Gasteiger partial charge in [0.25, 0.3) is 0 Å². The Labute approximate surface area is 126 Å². The maximum absolute atomic E-state index is 12.4. The van der Waals surface area contributed by atoms with E-state index in [1.807, 2.05) is 34.6 Å². The van der Waals surface area contributed by atoms with Gasteiger partial charge in [0.2, 0.25) is 5.91 Å². The molecule has 5 heteroatoms. The quantitative estimate of drug-likeness (QED) is 0.890. The van der Waals surface area contributed by atoms with E-state index in [4.69, 9.17) is 0 Å². The van der Waals surface area contributed by atoms with Crippen molar-refractivity contribution in [2.75, 3.05) is 13.1 Å². The molecule has 1 aromatic rings. The smallest absolute Gasteiger partial charge is 0.223 e. The highest BCUT2D eigenvalue weighted by Gasteiger charge is 2.46. The number of rotatable bonds is 4. The maximum Gasteiger partial charge on any atom is 0.223 e. The summed E-state index contributed by atoms with van der Waals surface area (Å²) in [6.45, 7) is 11.1. The van der Waals surface area contributed by atoms with Gasteiger partial charge in [0, 0.05) is 37.5 Å². The summed E-state index contributed by atoms with van der Waals surface area (Å²) in [7, 11) is 0. The number of carbonyl (C=O) groups excluding carboxylic acids is 1. The lowest BCUT2D eigenvalue weighted by molar-refractivity contribution is -0.131. The minimum absolute atomic E-state index is 0.110. The molecule has 1 amide bonds. The second-order valence-electron chi connectivity index (χ2n) is 6.74. The zero-order valence-corrected chi connectivity index (χ0v) is 13.7. The molecule has 2 heterocycles. The summed E-state index contributed by atoms with van der Waals surface area (Å²) in [5, 5.41) is 17.9. The van der Waals surface area contributed by atoms with Crippen LogP contribution in [-0.4, -0.2) is 44.8 Å². The molecule has 1 aliphatic rings. The third kappa shape index (κ3) is 2.98. The summed E-state index contributed by atoms with van der Waals surface area (Å²) in [5.41, 5.74) is 2.40. The lowest BCUT2D eigenvalue weighted by Gasteiger charge is -2.31. The molecule has 0 saturated carbocycles. The van der Waals surface area contributed by atoms with Crippen LogP contribution in [0.3, 0.4) is 0 Å². The molecule has 0 unspecified atom stereocenters. The lowest BCUT2D eigenvalue weighted by atomic mass is 9.82. The minimum Gasteiger partial charge on any atom is -0.387 e. The number of hydrogen-bond acceptors (Lipinski definition) is 3. The molecule has 0 aliphatic carbocycles. The molecule has 2 atom stereocenters. The summed E-state index contributed by atoms with van der Waals surface area (Å²) < 4.78 is 0. The number of carbonyl (C=O) groups is 1. The normalized spacial score (nSPS) is 25.9. The van der Waals surface area contributed by atoms with Gasteiger partial charge in [0.1, 0.15) is 0 Å². The highest BCUT2D eigenvalue weighted by Crippen LogP contribution is 2.34. The van der Waals surface area contributed by atoms with Crippen molar-refractivity contribution in [1.82, 2.24) is 15.1 Å². The molecule has 0 radical (unpaired) electrons. The Bertz CT molecular complexity index is 524. The number of hydrogen-bond donors (Lipinski definition) is 2. The number of aromatic nitrogens is 2. The zero-order valence-electron chi connectivity index (χ0n) is 13.7. The van der Waals surface area contributed by atoms with Gasteiger partial charge in [-0.1, -0.05) is 20.8 Å². The molecule has 1 fully saturated rings. The van der Waals surface area contributed by atoms with Crippen molar-refractivity contribution in [1.29, 1.82) is 0 Å². The van der Waals surface area contributed by atoms with Crippen LogP contribution in [0.15, 0.2) is 0 Å². The average Bonchev–Trinajstić information content (AvgIpc) is 2.91. The summed E-state index contributed by atoms with van der Waals surface area (Å²) in [5.74, 6) is 0.385. The highest BCUT2D eigenvalue weighted by atomic mass is 16.3. The van der Waals surface area contributed by atoms with Crippen molar-refractivity contribution in [3.05, 3.63) is 17.0 Å². The fourth-order valence-corrected chi connectivity index (χ4v) is 3.12. The van der Waals surface area contributed by atoms with Gasteiger partial charge in [-0.05, 0) is 25.3 Å². The fraction of sp³-hybridized carbons (Fsp3) is 0.750. The topological polar surface area (TPSA) is 69.2 Å². The first kappa shape index (κ1) is 16.0. The van der Waals surface area contributed by atoms with Gasteiger partial charge in [0.15, 0.2) is 0 Å². The van der Waals surface area contributed by atoms with Gasteiger partial charge in [-0.3, -0.25) is 9.89 Å². The van der Waals surface area contributed by atoms with Gasteiger partial charge in [0.05, 0.1) is 11.3 Å². The number of H-pyrrole nitrogens is 1. The number of β-amino-alcohol motifs (C(OH)–C–C–N with tert-alkyl or cyclic N) is 1. The highest BCUT2D eigenvalue weighted by molar-refractivity contribution is 5.77. The molecule has 2 rings (SSSR count). The predicted molar refractivity (Wildman–Crippen MR) is 81.9 cm³/mol. The molecule has 5 nitrogen and oxygen atoms in total. The Morgan fingerprint density at radius 2 is 2.19 bits per heavy atom. The molecule has 2 N–H and O–H groups in total. The Hall–Kier alpha value is -1.36. The standard InChI is InChI=1S/C16H27N3O2/c1-10(2)16(21)9-19(8-11(16)3)15(20)7-6-14-12(4)13(5)17-18-14/h10-11,21H,6-9H2,1-5H3,(H,17,18)/t11-,16-/m0/s1. The molecule has 0 spiro atoms. The number of aliphatic hydroxyl groups is 1. The molecule has 1 aliphatic heterocycles. The SMILES string of the molecule is Cc1[nH]nc(CCC(=O)N2C[C@H](C)[C@@](O)(C(C)C)C2)c1C. The lowest BCUT2D eigenvalue weighted by Crippen LogP contribution is -2.43. The van der Waals surface area contributed by atoms with E-state index in [0.29, 0.717) is 25.9 Å². The van der Waals surface area contributed by atoms with E-state index in [2.05, 4.69) is 10.2 Å². The third-order valence-corrected chi connectivity index (χ3v) is 5.07. The van der Waals surface area contributed by atoms with Gasteiger partial charge in [-0.15, -0.1) is 0 Å². The van der Waals surface area contributed by atoms with Crippen LogP contribution in [0.5, 0.6) is 0 Å². The van der Waals surface area contributed by atoms with E-state index in [1.54, 1.807) is 4.90 Å². The van der Waals surface area contributed by atoms with Crippen LogP contribution in [-0.2, 0) is 11.2 Å². The molecular formula is C16H27N3O2. The molecule has 0 aromatic carbocycles. The van der Waals surface area contributed by atoms with Crippen LogP contribution in [0.2, 0.25) is 0 Å². The first-order chi connectivity index (χ1) is 9.75. The largest absolute Gasteiger partial charge is 0.387 e. The van der Waals surface area contributed by atoms with Crippen molar-refractivity contribution in [2.24, 2.45) is 11.8 Å². The molecule has 1 saturated heterocycles. The first-order valence-corrected chi connectivity index (χ1v) is 7.76. The van der Waals surface area contributed by atoms with Gasteiger partial charge in [-0.25, -0.2) is 0 Å². The van der Waals surface area contributed by atoms with E-state index in [0.717, 1.165) is 17.0 Å². The molecule has 1 aromatic heterocycles. The fourth-order valence-electron chi connectivity index (χ4n) is 3.12. The average molecular weight is 293 g/mol. The van der Waals surface area contributed by atoms with E-state index < -0.39 is 5.60 Å². The first-order valence-electron chi connectivity index (χ1n) is 7.76. The minimum atomic E-state index is -0.755. The second-order valence-corrected chi connectivity index (χ2v) is 6.74. The van der Waals surface area contributed by atoms with Crippen molar-refractivity contribution in [2.45, 2.75) is 53.1 Å². The summed E-state index contributed by atoms with van der Waals surface area (Å²) in [4.78, 5) is 14.2. The number of amides is 1. The number of nitrogens with one attached hydrogen (secondary N) is 1. The molecule has 21 heavy (non-hydrogen) atoms.